The van der Waals surface area contributed by atoms with Crippen LogP contribution < -0.4 is 5.32 Å². The molecule has 0 saturated heterocycles. The van der Waals surface area contributed by atoms with Gasteiger partial charge in [-0.25, -0.2) is 0 Å². The summed E-state index contributed by atoms with van der Waals surface area (Å²) < 4.78 is 0. The van der Waals surface area contributed by atoms with Crippen LogP contribution in [-0.4, -0.2) is 19.4 Å². The van der Waals surface area contributed by atoms with Gasteiger partial charge in [-0.15, -0.1) is 0 Å². The number of carbonyl (C=O) groups excluding carboxylic acids is 1. The summed E-state index contributed by atoms with van der Waals surface area (Å²) in [6, 6.07) is 0. The Morgan fingerprint density at radius 1 is 0.742 bits per heavy atom. The van der Waals surface area contributed by atoms with Crippen molar-refractivity contribution in [2.45, 2.75) is 142 Å². The van der Waals surface area contributed by atoms with Crippen LogP contribution in [0.1, 0.15) is 142 Å². The summed E-state index contributed by atoms with van der Waals surface area (Å²) in [6.07, 6.45) is 28.1. The van der Waals surface area contributed by atoms with E-state index in [9.17, 15) is 4.79 Å². The average Bonchev–Trinajstić information content (AvgIpc) is 2.91. The third kappa shape index (κ3) is 10.4. The van der Waals surface area contributed by atoms with Gasteiger partial charge in [-0.1, -0.05) is 116 Å². The lowest BCUT2D eigenvalue weighted by Crippen LogP contribution is -2.36. The molecule has 2 heteroatoms. The average molecular weight is 434 g/mol. The van der Waals surface area contributed by atoms with Crippen molar-refractivity contribution in [2.24, 2.45) is 23.7 Å². The van der Waals surface area contributed by atoms with E-state index in [1.165, 1.54) is 109 Å². The van der Waals surface area contributed by atoms with Gasteiger partial charge in [0.1, 0.15) is 5.78 Å². The van der Waals surface area contributed by atoms with Crippen molar-refractivity contribution >= 4 is 5.78 Å². The molecule has 0 spiro atoms. The first-order valence-corrected chi connectivity index (χ1v) is 14.4. The highest BCUT2D eigenvalue weighted by Crippen LogP contribution is 2.43. The maximum Gasteiger partial charge on any atom is 0.136 e. The number of ketones is 1. The van der Waals surface area contributed by atoms with Crippen molar-refractivity contribution in [3.05, 3.63) is 0 Å². The fourth-order valence-electron chi connectivity index (χ4n) is 6.82. The minimum absolute atomic E-state index is 0.326. The summed E-state index contributed by atoms with van der Waals surface area (Å²) in [5.41, 5.74) is 0. The third-order valence-corrected chi connectivity index (χ3v) is 8.45. The van der Waals surface area contributed by atoms with Crippen molar-refractivity contribution in [3.8, 4) is 0 Å². The Morgan fingerprint density at radius 3 is 1.55 bits per heavy atom. The van der Waals surface area contributed by atoms with Gasteiger partial charge in [0.25, 0.3) is 0 Å². The molecule has 2 unspecified atom stereocenters. The summed E-state index contributed by atoms with van der Waals surface area (Å²) >= 11 is 0. The molecule has 0 heterocycles. The van der Waals surface area contributed by atoms with Gasteiger partial charge >= 0.3 is 0 Å². The Morgan fingerprint density at radius 2 is 1.16 bits per heavy atom. The maximum absolute atomic E-state index is 13.5. The number of rotatable bonds is 10. The molecule has 0 aromatic rings. The molecule has 2 atom stereocenters. The summed E-state index contributed by atoms with van der Waals surface area (Å²) in [5, 5.41) is 3.34. The Labute approximate surface area is 195 Å². The van der Waals surface area contributed by atoms with E-state index in [0.717, 1.165) is 44.1 Å². The zero-order chi connectivity index (χ0) is 22.2. The Balaban J connectivity index is 2.26. The van der Waals surface area contributed by atoms with E-state index in [4.69, 9.17) is 0 Å². The standard InChI is InChI=1S/C29H55NO/c1-3-18-28(31)27(23-17-24-30-2)29(26-21-15-11-7-8-12-16-22-26)25-19-13-9-5-4-6-10-14-20-25/h25-27,29-30H,3-24H2,1-2H3. The summed E-state index contributed by atoms with van der Waals surface area (Å²) in [5.74, 6) is 3.19. The molecule has 1 N–H and O–H groups in total. The molecular formula is C29H55NO. The molecular weight excluding hydrogens is 378 g/mol. The highest BCUT2D eigenvalue weighted by Gasteiger charge is 2.37. The highest BCUT2D eigenvalue weighted by atomic mass is 16.1. The first kappa shape index (κ1) is 26.9. The van der Waals surface area contributed by atoms with Gasteiger partial charge in [0.2, 0.25) is 0 Å². The van der Waals surface area contributed by atoms with Gasteiger partial charge in [-0.05, 0) is 50.6 Å². The minimum Gasteiger partial charge on any atom is -0.320 e. The molecule has 2 saturated carbocycles. The van der Waals surface area contributed by atoms with Gasteiger partial charge in [0, 0.05) is 12.3 Å². The van der Waals surface area contributed by atoms with E-state index in [2.05, 4.69) is 19.3 Å². The fraction of sp³-hybridized carbons (Fsp3) is 0.966. The molecule has 0 amide bonds. The Kier molecular flexibility index (Phi) is 14.9. The molecule has 0 aromatic heterocycles. The summed E-state index contributed by atoms with van der Waals surface area (Å²) in [7, 11) is 2.06. The molecule has 182 valence electrons. The van der Waals surface area contributed by atoms with Crippen LogP contribution in [0.25, 0.3) is 0 Å². The lowest BCUT2D eigenvalue weighted by atomic mass is 9.64. The highest BCUT2D eigenvalue weighted by molar-refractivity contribution is 5.81. The van der Waals surface area contributed by atoms with Gasteiger partial charge < -0.3 is 5.32 Å². The molecule has 2 rings (SSSR count). The zero-order valence-corrected chi connectivity index (χ0v) is 21.3. The van der Waals surface area contributed by atoms with Crippen molar-refractivity contribution < 1.29 is 4.79 Å². The Bertz CT molecular complexity index is 428. The molecule has 2 aliphatic rings. The molecule has 2 fully saturated rings. The number of hydrogen-bond acceptors (Lipinski definition) is 2. The second-order valence-electron chi connectivity index (χ2n) is 10.9. The summed E-state index contributed by atoms with van der Waals surface area (Å²) in [4.78, 5) is 13.5. The largest absolute Gasteiger partial charge is 0.320 e. The SMILES string of the molecule is CCCC(=O)C(CCCNC)C(C1CCCCCCCCC1)C1CCCCCCCC1. The topological polar surface area (TPSA) is 29.1 Å². The second kappa shape index (κ2) is 17.2. The first-order chi connectivity index (χ1) is 15.3. The van der Waals surface area contributed by atoms with Gasteiger partial charge in [-0.3, -0.25) is 4.79 Å². The first-order valence-electron chi connectivity index (χ1n) is 14.4. The monoisotopic (exact) mass is 433 g/mol. The zero-order valence-electron chi connectivity index (χ0n) is 21.3. The van der Waals surface area contributed by atoms with Gasteiger partial charge in [0.05, 0.1) is 0 Å². The smallest absolute Gasteiger partial charge is 0.136 e. The van der Waals surface area contributed by atoms with E-state index in [0.29, 0.717) is 17.6 Å². The van der Waals surface area contributed by atoms with Crippen LogP contribution in [0.2, 0.25) is 0 Å². The van der Waals surface area contributed by atoms with Crippen molar-refractivity contribution in [1.82, 2.24) is 5.32 Å². The van der Waals surface area contributed by atoms with Crippen LogP contribution in [0.15, 0.2) is 0 Å². The van der Waals surface area contributed by atoms with E-state index < -0.39 is 0 Å². The lowest BCUT2D eigenvalue weighted by molar-refractivity contribution is -0.127. The normalized spacial score (nSPS) is 23.3. The molecule has 0 bridgehead atoms. The Hall–Kier alpha value is -0.370. The molecule has 0 aliphatic heterocycles. The van der Waals surface area contributed by atoms with Gasteiger partial charge in [0.15, 0.2) is 0 Å². The number of carbonyl (C=O) groups is 1. The molecule has 0 aromatic carbocycles. The minimum atomic E-state index is 0.326. The molecule has 2 aliphatic carbocycles. The van der Waals surface area contributed by atoms with Crippen molar-refractivity contribution in [3.63, 3.8) is 0 Å². The van der Waals surface area contributed by atoms with E-state index in [1.54, 1.807) is 0 Å². The predicted octanol–water partition coefficient (Wildman–Crippen LogP) is 8.48. The molecule has 0 radical (unpaired) electrons. The van der Waals surface area contributed by atoms with Crippen molar-refractivity contribution in [1.29, 1.82) is 0 Å². The number of Topliss-reactive ketones (excluding diaryl/α,β-unsaturated/α-hetero) is 1. The van der Waals surface area contributed by atoms with Crippen LogP contribution >= 0.6 is 0 Å². The van der Waals surface area contributed by atoms with Crippen LogP contribution in [0.3, 0.4) is 0 Å². The third-order valence-electron chi connectivity index (χ3n) is 8.45. The van der Waals surface area contributed by atoms with Gasteiger partial charge in [-0.2, -0.15) is 0 Å². The lowest BCUT2D eigenvalue weighted by Gasteiger charge is -2.40. The van der Waals surface area contributed by atoms with Crippen LogP contribution in [0.4, 0.5) is 0 Å². The van der Waals surface area contributed by atoms with E-state index in [1.807, 2.05) is 0 Å². The number of nitrogens with one attached hydrogen (secondary N) is 1. The van der Waals surface area contributed by atoms with Crippen LogP contribution in [-0.2, 0) is 4.79 Å². The number of hydrogen-bond donors (Lipinski definition) is 1. The second-order valence-corrected chi connectivity index (χ2v) is 10.9. The molecule has 2 nitrogen and oxygen atoms in total. The van der Waals surface area contributed by atoms with Crippen molar-refractivity contribution in [2.75, 3.05) is 13.6 Å². The van der Waals surface area contributed by atoms with Crippen LogP contribution in [0, 0.1) is 23.7 Å². The van der Waals surface area contributed by atoms with E-state index >= 15 is 0 Å². The van der Waals surface area contributed by atoms with Crippen LogP contribution in [0.5, 0.6) is 0 Å². The fourth-order valence-corrected chi connectivity index (χ4v) is 6.82. The maximum atomic E-state index is 13.5. The quantitative estimate of drug-likeness (QED) is 0.350. The predicted molar refractivity (Wildman–Crippen MR) is 136 cm³/mol. The summed E-state index contributed by atoms with van der Waals surface area (Å²) in [6.45, 7) is 3.25. The van der Waals surface area contributed by atoms with E-state index in [-0.39, 0.29) is 0 Å². The molecule has 31 heavy (non-hydrogen) atoms.